The van der Waals surface area contributed by atoms with Gasteiger partial charge in [0.2, 0.25) is 5.43 Å². The highest BCUT2D eigenvalue weighted by Gasteiger charge is 2.26. The lowest BCUT2D eigenvalue weighted by Crippen LogP contribution is -2.23. The number of carbonyl (C=O) groups is 3. The number of rotatable bonds is 24. The zero-order chi connectivity index (χ0) is 46.5. The van der Waals surface area contributed by atoms with E-state index in [-0.39, 0.29) is 107 Å². The van der Waals surface area contributed by atoms with Gasteiger partial charge < -0.3 is 46.0 Å². The Balaban J connectivity index is 0.00000428. The van der Waals surface area contributed by atoms with Crippen LogP contribution in [0.5, 0.6) is 17.2 Å². The van der Waals surface area contributed by atoms with Gasteiger partial charge >= 0.3 is 12.1 Å². The molecule has 0 unspecified atom stereocenters. The summed E-state index contributed by atoms with van der Waals surface area (Å²) >= 11 is 0. The number of ether oxygens (including phenoxy) is 3. The van der Waals surface area contributed by atoms with E-state index in [1.165, 1.54) is 19.2 Å². The quantitative estimate of drug-likeness (QED) is 0.0200. The maximum Gasteiger partial charge on any atom is 0.373 e. The van der Waals surface area contributed by atoms with Crippen molar-refractivity contribution in [2.45, 2.75) is 99.5 Å². The van der Waals surface area contributed by atoms with Crippen molar-refractivity contribution < 1.29 is 52.8 Å². The number of phenols is 1. The fourth-order valence-electron chi connectivity index (χ4n) is 6.64. The minimum atomic E-state index is -0.717. The van der Waals surface area contributed by atoms with E-state index in [2.05, 4.69) is 9.98 Å². The fourth-order valence-corrected chi connectivity index (χ4v) is 6.64. The third-order valence-corrected chi connectivity index (χ3v) is 9.65. The molecule has 0 fully saturated rings. The lowest BCUT2D eigenvalue weighted by Gasteiger charge is -2.18. The number of nitrogens with two attached hydrogens (primary N) is 3. The number of aliphatic imine (C=N–C) groups is 2. The number of allylic oxidation sites excluding steroid dienone is 4. The molecule has 338 valence electrons. The van der Waals surface area contributed by atoms with Crippen molar-refractivity contribution in [1.82, 2.24) is 0 Å². The molecule has 17 nitrogen and oxygen atoms in total. The number of phenolic OH excluding ortho intramolecular Hbond substituents is 1. The number of methoxy groups -OCH3 is 1. The van der Waals surface area contributed by atoms with Crippen LogP contribution >= 0.6 is 0 Å². The smallest absolute Gasteiger partial charge is 0.373 e. The predicted molar refractivity (Wildman–Crippen MR) is 235 cm³/mol. The number of benzene rings is 2. The van der Waals surface area contributed by atoms with Crippen LogP contribution in [0.25, 0.3) is 21.9 Å². The van der Waals surface area contributed by atoms with Gasteiger partial charge in [0.25, 0.3) is 0 Å². The standard InChI is InChI=1S/C44H61N5O10.CO2/c1-25(2)12-14-32-34(22-50)36(58-23-30(51)18-27(5)10-8-17-49-44(46)47)21-37-39(32)42(54)40-38(59-37)20-35(33(41(40)53)15-13-26(3)4)57-24-31(52)19-29(43(55)56-7)11-9-16-48-28(6)45;2-1-3/h12-13,20-21,27,29,50,53H,8-11,14-19,22-24H2,1-7H3,(H2,45,48)(H4,46,47,49);/t27-,29-;/m1./s1. The van der Waals surface area contributed by atoms with E-state index in [1.807, 2.05) is 46.8 Å². The van der Waals surface area contributed by atoms with Crippen molar-refractivity contribution in [1.29, 1.82) is 0 Å². The topological polar surface area (TPSA) is 286 Å². The highest BCUT2D eigenvalue weighted by atomic mass is 16.5. The molecule has 2 atom stereocenters. The van der Waals surface area contributed by atoms with Crippen molar-refractivity contribution in [2.75, 3.05) is 33.4 Å². The van der Waals surface area contributed by atoms with E-state index < -0.39 is 30.5 Å². The van der Waals surface area contributed by atoms with Gasteiger partial charge in [-0.05, 0) is 84.6 Å². The molecule has 0 saturated heterocycles. The Kier molecular flexibility index (Phi) is 21.8. The molecule has 0 radical (unpaired) electrons. The summed E-state index contributed by atoms with van der Waals surface area (Å²) in [7, 11) is 1.26. The van der Waals surface area contributed by atoms with Gasteiger partial charge in [-0.2, -0.15) is 9.59 Å². The molecule has 1 heterocycles. The van der Waals surface area contributed by atoms with Gasteiger partial charge in [0.15, 0.2) is 17.5 Å². The minimum absolute atomic E-state index is 0.0193. The Hall–Kier alpha value is -6.32. The molecule has 1 aromatic heterocycles. The number of nitrogens with zero attached hydrogens (tertiary/aromatic N) is 2. The van der Waals surface area contributed by atoms with Gasteiger partial charge in [-0.15, -0.1) is 0 Å². The monoisotopic (exact) mass is 863 g/mol. The van der Waals surface area contributed by atoms with Crippen LogP contribution in [0.1, 0.15) is 96.8 Å². The van der Waals surface area contributed by atoms with Crippen molar-refractivity contribution >= 4 is 57.4 Å². The average molecular weight is 864 g/mol. The van der Waals surface area contributed by atoms with Crippen molar-refractivity contribution in [2.24, 2.45) is 39.0 Å². The number of carbonyl (C=O) groups excluding carboxylic acids is 5. The number of fused-ring (bicyclic) bond motifs is 2. The highest BCUT2D eigenvalue weighted by Crippen LogP contribution is 2.39. The first-order chi connectivity index (χ1) is 29.4. The van der Waals surface area contributed by atoms with E-state index in [0.717, 1.165) is 17.6 Å². The van der Waals surface area contributed by atoms with Gasteiger partial charge in [0, 0.05) is 49.2 Å². The van der Waals surface area contributed by atoms with E-state index in [1.54, 1.807) is 6.92 Å². The second kappa shape index (κ2) is 26.1. The molecule has 2 aromatic carbocycles. The van der Waals surface area contributed by atoms with Crippen LogP contribution in [0.4, 0.5) is 0 Å². The van der Waals surface area contributed by atoms with Crippen LogP contribution in [-0.4, -0.2) is 79.1 Å². The fraction of sp³-hybridized carbons (Fsp3) is 0.489. The Morgan fingerprint density at radius 3 is 1.85 bits per heavy atom. The summed E-state index contributed by atoms with van der Waals surface area (Å²) in [5, 5.41) is 22.5. The molecule has 0 bridgehead atoms. The lowest BCUT2D eigenvalue weighted by molar-refractivity contribution is -0.191. The summed E-state index contributed by atoms with van der Waals surface area (Å²) in [6, 6.07) is 2.92. The first-order valence-corrected chi connectivity index (χ1v) is 20.2. The third-order valence-electron chi connectivity index (χ3n) is 9.65. The number of aliphatic hydroxyl groups excluding tert-OH is 1. The molecule has 3 aromatic rings. The minimum Gasteiger partial charge on any atom is -0.507 e. The SMILES string of the molecule is COC(=O)[C@H](CCCN=C(C)N)CC(=O)COc1cc2oc3cc(OCC(=O)C[C@H](C)CCCN=C(N)N)c(CO)c(CC=C(C)C)c3c(=O)c2c(O)c1CC=C(C)C.O=C=O. The van der Waals surface area contributed by atoms with Crippen molar-refractivity contribution in [3.63, 3.8) is 0 Å². The Morgan fingerprint density at radius 2 is 1.32 bits per heavy atom. The van der Waals surface area contributed by atoms with Gasteiger partial charge in [-0.3, -0.25) is 29.2 Å². The maximum absolute atomic E-state index is 14.5. The van der Waals surface area contributed by atoms with E-state index in [9.17, 15) is 29.4 Å². The molecule has 0 saturated carbocycles. The van der Waals surface area contributed by atoms with Crippen LogP contribution in [-0.2, 0) is 48.2 Å². The van der Waals surface area contributed by atoms with E-state index in [4.69, 9.17) is 45.4 Å². The van der Waals surface area contributed by atoms with Gasteiger partial charge in [-0.25, -0.2) is 0 Å². The molecule has 0 aliphatic heterocycles. The van der Waals surface area contributed by atoms with Crippen molar-refractivity contribution in [3.05, 3.63) is 62.3 Å². The zero-order valence-corrected chi connectivity index (χ0v) is 36.8. The summed E-state index contributed by atoms with van der Waals surface area (Å²) in [6.45, 7) is 10.8. The number of guanidine groups is 1. The van der Waals surface area contributed by atoms with Gasteiger partial charge in [-0.1, -0.05) is 30.2 Å². The summed E-state index contributed by atoms with van der Waals surface area (Å²) in [6.07, 6.45) is 6.80. The number of ketones is 2. The Morgan fingerprint density at radius 1 is 0.806 bits per heavy atom. The summed E-state index contributed by atoms with van der Waals surface area (Å²) in [5.74, 6) is -1.40. The van der Waals surface area contributed by atoms with Crippen molar-refractivity contribution in [3.8, 4) is 17.2 Å². The molecule has 0 aliphatic carbocycles. The maximum atomic E-state index is 14.5. The van der Waals surface area contributed by atoms with E-state index in [0.29, 0.717) is 49.3 Å². The second-order valence-corrected chi connectivity index (χ2v) is 15.4. The van der Waals surface area contributed by atoms with Crippen LogP contribution in [0.15, 0.2) is 54.6 Å². The number of esters is 1. The molecule has 62 heavy (non-hydrogen) atoms. The number of amidine groups is 1. The lowest BCUT2D eigenvalue weighted by atomic mass is 9.95. The van der Waals surface area contributed by atoms with Crippen LogP contribution in [0.2, 0.25) is 0 Å². The average Bonchev–Trinajstić information content (AvgIpc) is 3.20. The number of hydrogen-bond acceptors (Lipinski definition) is 14. The number of aliphatic hydroxyl groups is 1. The first kappa shape index (κ1) is 51.8. The Bertz CT molecular complexity index is 2250. The zero-order valence-electron chi connectivity index (χ0n) is 36.8. The molecule has 8 N–H and O–H groups in total. The third kappa shape index (κ3) is 16.3. The normalized spacial score (nSPS) is 12.0. The van der Waals surface area contributed by atoms with Gasteiger partial charge in [0.05, 0.1) is 30.9 Å². The Labute approximate surface area is 361 Å². The molecule has 0 spiro atoms. The number of aromatic hydroxyl groups is 1. The molecule has 17 heteroatoms. The van der Waals surface area contributed by atoms with Gasteiger partial charge in [0.1, 0.15) is 47.0 Å². The molecule has 3 rings (SSSR count). The molecule has 0 aliphatic rings. The molecular weight excluding hydrogens is 803 g/mol. The summed E-state index contributed by atoms with van der Waals surface area (Å²) < 4.78 is 23.3. The number of hydrogen-bond donors (Lipinski definition) is 5. The van der Waals surface area contributed by atoms with Crippen LogP contribution in [0.3, 0.4) is 0 Å². The molecule has 0 amide bonds. The number of Topliss-reactive ketones (excluding diaryl/α,β-unsaturated/α-hetero) is 2. The summed E-state index contributed by atoms with van der Waals surface area (Å²) in [5.41, 5.74) is 18.8. The van der Waals surface area contributed by atoms with Crippen LogP contribution < -0.4 is 32.1 Å². The largest absolute Gasteiger partial charge is 0.507 e. The van der Waals surface area contributed by atoms with E-state index >= 15 is 0 Å². The molecular formula is C45H61N5O12. The summed E-state index contributed by atoms with van der Waals surface area (Å²) in [4.78, 5) is 77.6. The van der Waals surface area contributed by atoms with Crippen LogP contribution in [0, 0.1) is 11.8 Å². The highest BCUT2D eigenvalue weighted by molar-refractivity contribution is 5.97. The second-order valence-electron chi connectivity index (χ2n) is 15.4. The predicted octanol–water partition coefficient (Wildman–Crippen LogP) is 4.89. The first-order valence-electron chi connectivity index (χ1n) is 20.2.